The highest BCUT2D eigenvalue weighted by Crippen LogP contribution is 2.22. The van der Waals surface area contributed by atoms with E-state index in [1.807, 2.05) is 30.3 Å². The van der Waals surface area contributed by atoms with E-state index in [1.54, 1.807) is 6.20 Å². The van der Waals surface area contributed by atoms with Gasteiger partial charge in [-0.15, -0.1) is 0 Å². The van der Waals surface area contributed by atoms with Gasteiger partial charge in [-0.05, 0) is 5.56 Å². The van der Waals surface area contributed by atoms with Gasteiger partial charge in [0.25, 0.3) is 0 Å². The molecule has 3 rings (SSSR count). The Morgan fingerprint density at radius 1 is 0.800 bits per heavy atom. The molecule has 1 heterocycles. The summed E-state index contributed by atoms with van der Waals surface area (Å²) in [5, 5.41) is 3.98. The maximum Gasteiger partial charge on any atom is 0.161 e. The average Bonchev–Trinajstić information content (AvgIpc) is 2.93. The molecule has 0 spiro atoms. The first kappa shape index (κ1) is 12.5. The van der Waals surface area contributed by atoms with Crippen LogP contribution in [0.25, 0.3) is 16.8 Å². The summed E-state index contributed by atoms with van der Waals surface area (Å²) in [6.07, 6.45) is 3.10. The van der Waals surface area contributed by atoms with Crippen molar-refractivity contribution in [3.05, 3.63) is 72.3 Å². The summed E-state index contributed by atoms with van der Waals surface area (Å²) in [7, 11) is 0. The second kappa shape index (κ2) is 4.85. The van der Waals surface area contributed by atoms with Crippen LogP contribution in [0.15, 0.2) is 54.9 Å². The summed E-state index contributed by atoms with van der Waals surface area (Å²) in [6, 6.07) is 10.7. The molecule has 0 radical (unpaired) electrons. The highest BCUT2D eigenvalue weighted by atomic mass is 19.2. The van der Waals surface area contributed by atoms with Gasteiger partial charge in [-0.1, -0.05) is 30.3 Å². The highest BCUT2D eigenvalue weighted by Gasteiger charge is 2.12. The van der Waals surface area contributed by atoms with Gasteiger partial charge < -0.3 is 0 Å². The van der Waals surface area contributed by atoms with Crippen LogP contribution in [0.2, 0.25) is 0 Å². The Morgan fingerprint density at radius 2 is 1.50 bits per heavy atom. The molecular weight excluding hydrogens is 265 g/mol. The SMILES string of the molecule is Fc1cc(F)c(-n2cc(-c3ccccc3)cn2)cc1F. The van der Waals surface area contributed by atoms with Crippen LogP contribution >= 0.6 is 0 Å². The van der Waals surface area contributed by atoms with E-state index in [0.717, 1.165) is 17.2 Å². The molecule has 0 aliphatic heterocycles. The Kier molecular flexibility index (Phi) is 3.02. The lowest BCUT2D eigenvalue weighted by atomic mass is 10.1. The molecule has 0 N–H and O–H groups in total. The van der Waals surface area contributed by atoms with Gasteiger partial charge in [0.05, 0.1) is 6.20 Å². The van der Waals surface area contributed by atoms with Gasteiger partial charge in [0.2, 0.25) is 0 Å². The highest BCUT2D eigenvalue weighted by molar-refractivity contribution is 5.62. The van der Waals surface area contributed by atoms with Crippen molar-refractivity contribution in [3.8, 4) is 16.8 Å². The molecule has 0 saturated heterocycles. The van der Waals surface area contributed by atoms with Crippen LogP contribution in [0.1, 0.15) is 0 Å². The fourth-order valence-corrected chi connectivity index (χ4v) is 1.92. The first-order valence-electron chi connectivity index (χ1n) is 5.90. The molecule has 2 nitrogen and oxygen atoms in total. The quantitative estimate of drug-likeness (QED) is 0.647. The van der Waals surface area contributed by atoms with Gasteiger partial charge >= 0.3 is 0 Å². The van der Waals surface area contributed by atoms with E-state index >= 15 is 0 Å². The molecule has 2 aromatic carbocycles. The first-order chi connectivity index (χ1) is 9.65. The van der Waals surface area contributed by atoms with Crippen molar-refractivity contribution < 1.29 is 13.2 Å². The smallest absolute Gasteiger partial charge is 0.161 e. The van der Waals surface area contributed by atoms with Gasteiger partial charge in [-0.25, -0.2) is 17.9 Å². The van der Waals surface area contributed by atoms with E-state index in [0.29, 0.717) is 6.07 Å². The van der Waals surface area contributed by atoms with E-state index in [9.17, 15) is 13.2 Å². The normalized spacial score (nSPS) is 10.8. The number of hydrogen-bond acceptors (Lipinski definition) is 1. The third-order valence-electron chi connectivity index (χ3n) is 2.93. The molecule has 0 aliphatic carbocycles. The summed E-state index contributed by atoms with van der Waals surface area (Å²) in [4.78, 5) is 0. The summed E-state index contributed by atoms with van der Waals surface area (Å²) in [5.41, 5.74) is 1.53. The standard InChI is InChI=1S/C15H9F3N2/c16-12-6-14(18)15(7-13(12)17)20-9-11(8-19-20)10-4-2-1-3-5-10/h1-9H. The molecule has 0 atom stereocenters. The lowest BCUT2D eigenvalue weighted by molar-refractivity contribution is 0.491. The molecule has 100 valence electrons. The Bertz CT molecular complexity index is 751. The Balaban J connectivity index is 2.05. The molecule has 0 saturated carbocycles. The molecule has 0 fully saturated rings. The molecular formula is C15H9F3N2. The number of halogens is 3. The predicted molar refractivity (Wildman–Crippen MR) is 68.9 cm³/mol. The van der Waals surface area contributed by atoms with E-state index in [2.05, 4.69) is 5.10 Å². The lowest BCUT2D eigenvalue weighted by Gasteiger charge is -2.03. The number of aromatic nitrogens is 2. The van der Waals surface area contributed by atoms with Crippen LogP contribution in [0.4, 0.5) is 13.2 Å². The van der Waals surface area contributed by atoms with Gasteiger partial charge in [-0.2, -0.15) is 5.10 Å². The van der Waals surface area contributed by atoms with Crippen LogP contribution in [0, 0.1) is 17.5 Å². The number of benzene rings is 2. The van der Waals surface area contributed by atoms with Crippen molar-refractivity contribution in [2.45, 2.75) is 0 Å². The summed E-state index contributed by atoms with van der Waals surface area (Å²) in [5.74, 6) is -3.20. The molecule has 1 aromatic heterocycles. The van der Waals surface area contributed by atoms with Crippen LogP contribution in [-0.2, 0) is 0 Å². The number of hydrogen-bond donors (Lipinski definition) is 0. The first-order valence-corrected chi connectivity index (χ1v) is 5.90. The Hall–Kier alpha value is -2.56. The van der Waals surface area contributed by atoms with Crippen molar-refractivity contribution >= 4 is 0 Å². The minimum atomic E-state index is -1.22. The second-order valence-corrected chi connectivity index (χ2v) is 4.26. The summed E-state index contributed by atoms with van der Waals surface area (Å²) >= 11 is 0. The Morgan fingerprint density at radius 3 is 2.25 bits per heavy atom. The molecule has 0 amide bonds. The summed E-state index contributed by atoms with van der Waals surface area (Å²) < 4.78 is 40.9. The van der Waals surface area contributed by atoms with Gasteiger partial charge in [0.15, 0.2) is 17.5 Å². The van der Waals surface area contributed by atoms with Crippen LogP contribution in [-0.4, -0.2) is 9.78 Å². The largest absolute Gasteiger partial charge is 0.237 e. The molecule has 3 aromatic rings. The maximum atomic E-state index is 13.7. The maximum absolute atomic E-state index is 13.7. The predicted octanol–water partition coefficient (Wildman–Crippen LogP) is 3.96. The van der Waals surface area contributed by atoms with Crippen molar-refractivity contribution in [2.24, 2.45) is 0 Å². The number of nitrogens with zero attached hydrogens (tertiary/aromatic N) is 2. The van der Waals surface area contributed by atoms with Crippen molar-refractivity contribution in [1.82, 2.24) is 9.78 Å². The van der Waals surface area contributed by atoms with E-state index in [4.69, 9.17) is 0 Å². The lowest BCUT2D eigenvalue weighted by Crippen LogP contribution is -2.00. The average molecular weight is 274 g/mol. The van der Waals surface area contributed by atoms with E-state index in [1.165, 1.54) is 10.9 Å². The third kappa shape index (κ3) is 2.18. The zero-order valence-corrected chi connectivity index (χ0v) is 10.2. The molecule has 0 bridgehead atoms. The fraction of sp³-hybridized carbons (Fsp3) is 0. The van der Waals surface area contributed by atoms with Crippen LogP contribution in [0.5, 0.6) is 0 Å². The van der Waals surface area contributed by atoms with Crippen LogP contribution in [0.3, 0.4) is 0 Å². The number of rotatable bonds is 2. The summed E-state index contributed by atoms with van der Waals surface area (Å²) in [6.45, 7) is 0. The van der Waals surface area contributed by atoms with Crippen LogP contribution < -0.4 is 0 Å². The molecule has 5 heteroatoms. The zero-order valence-electron chi connectivity index (χ0n) is 10.2. The van der Waals surface area contributed by atoms with Gasteiger partial charge in [-0.3, -0.25) is 0 Å². The topological polar surface area (TPSA) is 17.8 Å². The van der Waals surface area contributed by atoms with E-state index < -0.39 is 17.5 Å². The molecule has 0 aliphatic rings. The van der Waals surface area contributed by atoms with Crippen molar-refractivity contribution in [1.29, 1.82) is 0 Å². The molecule has 0 unspecified atom stereocenters. The Labute approximate surface area is 113 Å². The van der Waals surface area contributed by atoms with Gasteiger partial charge in [0, 0.05) is 23.9 Å². The zero-order chi connectivity index (χ0) is 14.1. The van der Waals surface area contributed by atoms with Crippen molar-refractivity contribution in [3.63, 3.8) is 0 Å². The third-order valence-corrected chi connectivity index (χ3v) is 2.93. The fourth-order valence-electron chi connectivity index (χ4n) is 1.92. The van der Waals surface area contributed by atoms with Crippen molar-refractivity contribution in [2.75, 3.05) is 0 Å². The van der Waals surface area contributed by atoms with E-state index in [-0.39, 0.29) is 5.69 Å². The minimum Gasteiger partial charge on any atom is -0.237 e. The monoisotopic (exact) mass is 274 g/mol. The minimum absolute atomic E-state index is 0.133. The molecule has 20 heavy (non-hydrogen) atoms. The van der Waals surface area contributed by atoms with Gasteiger partial charge in [0.1, 0.15) is 5.69 Å². The second-order valence-electron chi connectivity index (χ2n) is 4.26.